The van der Waals surface area contributed by atoms with Gasteiger partial charge in [-0.2, -0.15) is 0 Å². The van der Waals surface area contributed by atoms with Gasteiger partial charge in [0.05, 0.1) is 25.8 Å². The molecule has 1 aromatic heterocycles. The first-order chi connectivity index (χ1) is 9.65. The fourth-order valence-electron chi connectivity index (χ4n) is 1.87. The van der Waals surface area contributed by atoms with E-state index in [0.29, 0.717) is 17.1 Å². The van der Waals surface area contributed by atoms with Crippen LogP contribution in [0, 0.1) is 0 Å². The van der Waals surface area contributed by atoms with Crippen molar-refractivity contribution < 1.29 is 14.3 Å². The summed E-state index contributed by atoms with van der Waals surface area (Å²) in [5.74, 6) is 0.996. The Bertz CT molecular complexity index is 581. The second-order valence-corrected chi connectivity index (χ2v) is 5.26. The van der Waals surface area contributed by atoms with Crippen molar-refractivity contribution in [3.63, 3.8) is 0 Å². The fraction of sp³-hybridized carbons (Fsp3) is 0.267. The molecule has 0 bridgehead atoms. The van der Waals surface area contributed by atoms with Crippen LogP contribution in [-0.4, -0.2) is 20.1 Å². The Morgan fingerprint density at radius 2 is 2.05 bits per heavy atom. The Labute approximate surface area is 122 Å². The molecule has 1 aromatic carbocycles. The van der Waals surface area contributed by atoms with Crippen molar-refractivity contribution in [2.75, 3.05) is 14.2 Å². The molecular formula is C15H17NO3S. The van der Waals surface area contributed by atoms with Crippen LogP contribution in [0.25, 0.3) is 0 Å². The molecule has 1 N–H and O–H groups in total. The number of carbonyl (C=O) groups excluding carboxylic acids is 1. The summed E-state index contributed by atoms with van der Waals surface area (Å²) in [4.78, 5) is 13.4. The number of methoxy groups -OCH3 is 2. The zero-order chi connectivity index (χ0) is 14.5. The van der Waals surface area contributed by atoms with Crippen molar-refractivity contribution in [1.29, 1.82) is 0 Å². The monoisotopic (exact) mass is 291 g/mol. The van der Waals surface area contributed by atoms with Crippen LogP contribution >= 0.6 is 11.3 Å². The van der Waals surface area contributed by atoms with E-state index in [9.17, 15) is 4.79 Å². The molecule has 0 fully saturated rings. The average Bonchev–Trinajstić information content (AvgIpc) is 3.00. The van der Waals surface area contributed by atoms with Crippen LogP contribution in [-0.2, 0) is 0 Å². The zero-order valence-corrected chi connectivity index (χ0v) is 12.5. The third kappa shape index (κ3) is 3.11. The number of rotatable bonds is 5. The summed E-state index contributed by atoms with van der Waals surface area (Å²) in [6.45, 7) is 1.96. The quantitative estimate of drug-likeness (QED) is 0.920. The minimum atomic E-state index is -0.162. The third-order valence-electron chi connectivity index (χ3n) is 2.97. The summed E-state index contributed by atoms with van der Waals surface area (Å²) >= 11 is 1.62. The first-order valence-corrected chi connectivity index (χ1v) is 7.10. The standard InChI is InChI=1S/C15H17NO3S/c1-10(14-5-4-8-20-14)16-15(17)12-7-6-11(18-2)9-13(12)19-3/h4-10H,1-3H3,(H,16,17)/t10-/m1/s1. The number of carbonyl (C=O) groups is 1. The summed E-state index contributed by atoms with van der Waals surface area (Å²) < 4.78 is 10.4. The summed E-state index contributed by atoms with van der Waals surface area (Å²) in [7, 11) is 3.11. The summed E-state index contributed by atoms with van der Waals surface area (Å²) in [6.07, 6.45) is 0. The topological polar surface area (TPSA) is 47.6 Å². The number of hydrogen-bond donors (Lipinski definition) is 1. The van der Waals surface area contributed by atoms with Crippen molar-refractivity contribution in [2.45, 2.75) is 13.0 Å². The van der Waals surface area contributed by atoms with Crippen LogP contribution in [0.2, 0.25) is 0 Å². The van der Waals surface area contributed by atoms with Crippen LogP contribution in [0.15, 0.2) is 35.7 Å². The lowest BCUT2D eigenvalue weighted by atomic mass is 10.1. The second-order valence-electron chi connectivity index (χ2n) is 4.28. The Morgan fingerprint density at radius 1 is 1.25 bits per heavy atom. The first-order valence-electron chi connectivity index (χ1n) is 6.22. The van der Waals surface area contributed by atoms with Gasteiger partial charge in [-0.1, -0.05) is 6.07 Å². The van der Waals surface area contributed by atoms with E-state index in [2.05, 4.69) is 5.32 Å². The molecule has 2 aromatic rings. The minimum Gasteiger partial charge on any atom is -0.497 e. The van der Waals surface area contributed by atoms with Gasteiger partial charge in [-0.3, -0.25) is 4.79 Å². The number of benzene rings is 1. The van der Waals surface area contributed by atoms with Crippen molar-refractivity contribution in [3.05, 3.63) is 46.2 Å². The van der Waals surface area contributed by atoms with Crippen molar-refractivity contribution in [2.24, 2.45) is 0 Å². The van der Waals surface area contributed by atoms with Crippen molar-refractivity contribution >= 4 is 17.2 Å². The molecule has 0 saturated heterocycles. The average molecular weight is 291 g/mol. The van der Waals surface area contributed by atoms with Crippen LogP contribution < -0.4 is 14.8 Å². The maximum atomic E-state index is 12.3. The third-order valence-corrected chi connectivity index (χ3v) is 4.03. The Kier molecular flexibility index (Phi) is 4.63. The number of ether oxygens (including phenoxy) is 2. The molecule has 0 aliphatic rings. The molecule has 1 heterocycles. The molecule has 0 saturated carbocycles. The van der Waals surface area contributed by atoms with Gasteiger partial charge in [0.25, 0.3) is 5.91 Å². The highest BCUT2D eigenvalue weighted by Crippen LogP contribution is 2.25. The molecule has 1 amide bonds. The molecule has 0 aliphatic heterocycles. The molecule has 0 aliphatic carbocycles. The predicted molar refractivity (Wildman–Crippen MR) is 79.7 cm³/mol. The molecule has 0 spiro atoms. The Balaban J connectivity index is 2.16. The van der Waals surface area contributed by atoms with E-state index in [-0.39, 0.29) is 11.9 Å². The van der Waals surface area contributed by atoms with Crippen molar-refractivity contribution in [1.82, 2.24) is 5.32 Å². The van der Waals surface area contributed by atoms with Crippen LogP contribution in [0.3, 0.4) is 0 Å². The molecule has 0 unspecified atom stereocenters. The van der Waals surface area contributed by atoms with Gasteiger partial charge in [0, 0.05) is 10.9 Å². The van der Waals surface area contributed by atoms with E-state index in [0.717, 1.165) is 4.88 Å². The Morgan fingerprint density at radius 3 is 2.65 bits per heavy atom. The zero-order valence-electron chi connectivity index (χ0n) is 11.7. The molecule has 0 radical (unpaired) electrons. The van der Waals surface area contributed by atoms with E-state index in [1.165, 1.54) is 7.11 Å². The number of thiophene rings is 1. The van der Waals surface area contributed by atoms with Crippen LogP contribution in [0.4, 0.5) is 0 Å². The fourth-order valence-corrected chi connectivity index (χ4v) is 2.60. The molecule has 2 rings (SSSR count). The molecule has 5 heteroatoms. The second kappa shape index (κ2) is 6.43. The lowest BCUT2D eigenvalue weighted by molar-refractivity contribution is 0.0937. The van der Waals surface area contributed by atoms with Crippen LogP contribution in [0.5, 0.6) is 11.5 Å². The predicted octanol–water partition coefficient (Wildman–Crippen LogP) is 3.26. The molecule has 20 heavy (non-hydrogen) atoms. The van der Waals surface area contributed by atoms with Gasteiger partial charge in [-0.05, 0) is 30.5 Å². The van der Waals surface area contributed by atoms with E-state index in [1.54, 1.807) is 36.6 Å². The molecular weight excluding hydrogens is 274 g/mol. The maximum absolute atomic E-state index is 12.3. The summed E-state index contributed by atoms with van der Waals surface area (Å²) in [6, 6.07) is 9.08. The van der Waals surface area contributed by atoms with Crippen LogP contribution in [0.1, 0.15) is 28.2 Å². The van der Waals surface area contributed by atoms with Gasteiger partial charge < -0.3 is 14.8 Å². The highest BCUT2D eigenvalue weighted by Gasteiger charge is 2.16. The van der Waals surface area contributed by atoms with Gasteiger partial charge in [0.1, 0.15) is 11.5 Å². The normalized spacial score (nSPS) is 11.8. The van der Waals surface area contributed by atoms with E-state index >= 15 is 0 Å². The summed E-state index contributed by atoms with van der Waals surface area (Å²) in [5, 5.41) is 4.95. The largest absolute Gasteiger partial charge is 0.497 e. The molecule has 1 atom stereocenters. The minimum absolute atomic E-state index is 0.0330. The molecule has 4 nitrogen and oxygen atoms in total. The SMILES string of the molecule is COc1ccc(C(=O)N[C@H](C)c2cccs2)c(OC)c1. The Hall–Kier alpha value is -2.01. The lowest BCUT2D eigenvalue weighted by Crippen LogP contribution is -2.26. The van der Waals surface area contributed by atoms with Gasteiger partial charge in [-0.25, -0.2) is 0 Å². The highest BCUT2D eigenvalue weighted by molar-refractivity contribution is 7.10. The van der Waals surface area contributed by atoms with Gasteiger partial charge in [0.2, 0.25) is 0 Å². The van der Waals surface area contributed by atoms with Gasteiger partial charge in [-0.15, -0.1) is 11.3 Å². The number of hydrogen-bond acceptors (Lipinski definition) is 4. The van der Waals surface area contributed by atoms with Gasteiger partial charge in [0.15, 0.2) is 0 Å². The van der Waals surface area contributed by atoms with E-state index < -0.39 is 0 Å². The van der Waals surface area contributed by atoms with Gasteiger partial charge >= 0.3 is 0 Å². The summed E-state index contributed by atoms with van der Waals surface area (Å²) in [5.41, 5.74) is 0.497. The lowest BCUT2D eigenvalue weighted by Gasteiger charge is -2.14. The first kappa shape index (κ1) is 14.4. The molecule has 106 valence electrons. The van der Waals surface area contributed by atoms with E-state index in [4.69, 9.17) is 9.47 Å². The number of amides is 1. The maximum Gasteiger partial charge on any atom is 0.255 e. The smallest absolute Gasteiger partial charge is 0.255 e. The number of nitrogens with one attached hydrogen (secondary N) is 1. The highest BCUT2D eigenvalue weighted by atomic mass is 32.1. The van der Waals surface area contributed by atoms with Crippen molar-refractivity contribution in [3.8, 4) is 11.5 Å². The van der Waals surface area contributed by atoms with E-state index in [1.807, 2.05) is 24.4 Å².